The van der Waals surface area contributed by atoms with E-state index in [-0.39, 0.29) is 11.7 Å². The Morgan fingerprint density at radius 3 is 2.77 bits per heavy atom. The fourth-order valence-corrected chi connectivity index (χ4v) is 4.60. The van der Waals surface area contributed by atoms with Crippen molar-refractivity contribution in [2.75, 3.05) is 29.1 Å². The van der Waals surface area contributed by atoms with Crippen molar-refractivity contribution >= 4 is 29.5 Å². The van der Waals surface area contributed by atoms with Crippen LogP contribution in [0.15, 0.2) is 38.6 Å². The van der Waals surface area contributed by atoms with Crippen LogP contribution < -0.4 is 10.2 Å². The van der Waals surface area contributed by atoms with Gasteiger partial charge in [0.15, 0.2) is 5.16 Å². The minimum Gasteiger partial charge on any atom is -0.467 e. The summed E-state index contributed by atoms with van der Waals surface area (Å²) in [7, 11) is 0. The number of amides is 1. The second-order valence-corrected chi connectivity index (χ2v) is 8.91. The van der Waals surface area contributed by atoms with Crippen LogP contribution in [0.25, 0.3) is 0 Å². The third kappa shape index (κ3) is 4.86. The van der Waals surface area contributed by atoms with E-state index in [0.29, 0.717) is 35.1 Å². The van der Waals surface area contributed by atoms with Crippen LogP contribution in [0.4, 0.5) is 11.8 Å². The topological polar surface area (TPSA) is 102 Å². The van der Waals surface area contributed by atoms with Gasteiger partial charge in [-0.3, -0.25) is 14.7 Å². The molecule has 1 N–H and O–H groups in total. The predicted octanol–water partition coefficient (Wildman–Crippen LogP) is 3.43. The number of furan rings is 1. The van der Waals surface area contributed by atoms with Crippen LogP contribution in [0, 0.1) is 18.8 Å². The summed E-state index contributed by atoms with van der Waals surface area (Å²) < 4.78 is 12.6. The Hall–Kier alpha value is -2.75. The molecule has 0 saturated carbocycles. The smallest absolute Gasteiger partial charge is 0.237 e. The van der Waals surface area contributed by atoms with Crippen LogP contribution in [0.2, 0.25) is 0 Å². The number of nitrogens with zero attached hydrogens (tertiary/aromatic N) is 5. The number of carbonyl (C=O) groups excluding carboxylic acids is 1. The van der Waals surface area contributed by atoms with Gasteiger partial charge in [-0.25, -0.2) is 0 Å². The summed E-state index contributed by atoms with van der Waals surface area (Å²) in [6.07, 6.45) is 2.87. The van der Waals surface area contributed by atoms with Gasteiger partial charge in [0.25, 0.3) is 0 Å². The molecule has 2 atom stereocenters. The Labute approximate surface area is 179 Å². The molecule has 0 aromatic carbocycles. The Bertz CT molecular complexity index is 973. The normalized spacial score (nSPS) is 19.2. The lowest BCUT2D eigenvalue weighted by Crippen LogP contribution is -2.40. The van der Waals surface area contributed by atoms with E-state index in [1.54, 1.807) is 19.3 Å². The quantitative estimate of drug-likeness (QED) is 0.569. The lowest BCUT2D eigenvalue weighted by atomic mass is 9.92. The summed E-state index contributed by atoms with van der Waals surface area (Å²) in [5.41, 5.74) is 0.714. The van der Waals surface area contributed by atoms with E-state index in [0.717, 1.165) is 24.8 Å². The maximum Gasteiger partial charge on any atom is 0.237 e. The zero-order valence-corrected chi connectivity index (χ0v) is 18.2. The molecule has 30 heavy (non-hydrogen) atoms. The average molecular weight is 431 g/mol. The Morgan fingerprint density at radius 2 is 2.10 bits per heavy atom. The fraction of sp³-hybridized carbons (Fsp3) is 0.500. The lowest BCUT2D eigenvalue weighted by Gasteiger charge is -2.35. The zero-order valence-electron chi connectivity index (χ0n) is 17.4. The first kappa shape index (κ1) is 20.5. The maximum absolute atomic E-state index is 12.3. The van der Waals surface area contributed by atoms with Crippen molar-refractivity contribution in [1.82, 2.24) is 19.9 Å². The van der Waals surface area contributed by atoms with E-state index >= 15 is 0 Å². The second kappa shape index (κ2) is 8.95. The first-order valence-electron chi connectivity index (χ1n) is 10.0. The van der Waals surface area contributed by atoms with E-state index in [1.807, 2.05) is 16.7 Å². The molecule has 1 fully saturated rings. The van der Waals surface area contributed by atoms with Gasteiger partial charge in [0.2, 0.25) is 17.7 Å². The van der Waals surface area contributed by atoms with Crippen molar-refractivity contribution < 1.29 is 13.7 Å². The molecule has 4 heterocycles. The molecule has 2 unspecified atom stereocenters. The van der Waals surface area contributed by atoms with Crippen molar-refractivity contribution in [3.8, 4) is 0 Å². The van der Waals surface area contributed by atoms with Gasteiger partial charge in [0.1, 0.15) is 5.76 Å². The summed E-state index contributed by atoms with van der Waals surface area (Å²) in [6, 6.07) is 5.47. The third-order valence-electron chi connectivity index (χ3n) is 4.97. The predicted molar refractivity (Wildman–Crippen MR) is 114 cm³/mol. The summed E-state index contributed by atoms with van der Waals surface area (Å²) in [6.45, 7) is 8.73. The van der Waals surface area contributed by atoms with E-state index in [1.165, 1.54) is 18.2 Å². The number of carbonyl (C=O) groups is 1. The van der Waals surface area contributed by atoms with Crippen molar-refractivity contribution in [3.05, 3.63) is 35.9 Å². The number of aryl methyl sites for hydroxylation is 1. The lowest BCUT2D eigenvalue weighted by molar-refractivity contribution is -0.113. The molecule has 0 spiro atoms. The highest BCUT2D eigenvalue weighted by atomic mass is 32.2. The van der Waals surface area contributed by atoms with Gasteiger partial charge in [-0.05, 0) is 37.3 Å². The van der Waals surface area contributed by atoms with Crippen LogP contribution in [0.5, 0.6) is 0 Å². The standard InChI is InChI=1S/C20H26N6O3S/c1-13-7-14(2)10-25(9-13)19-22-23-20(26(19)11-16-5-4-6-28-16)30-12-17(27)21-18-8-15(3)24-29-18/h4-6,8,13-14H,7,9-12H2,1-3H3,(H,21,27). The highest BCUT2D eigenvalue weighted by Gasteiger charge is 2.27. The molecule has 3 aromatic heterocycles. The minimum absolute atomic E-state index is 0.183. The number of rotatable bonds is 7. The number of hydrogen-bond acceptors (Lipinski definition) is 8. The third-order valence-corrected chi connectivity index (χ3v) is 5.93. The number of aromatic nitrogens is 4. The molecule has 0 radical (unpaired) electrons. The number of piperidine rings is 1. The summed E-state index contributed by atoms with van der Waals surface area (Å²) >= 11 is 1.34. The molecule has 160 valence electrons. The summed E-state index contributed by atoms with van der Waals surface area (Å²) in [5, 5.41) is 16.0. The van der Waals surface area contributed by atoms with Gasteiger partial charge >= 0.3 is 0 Å². The molecule has 0 aliphatic carbocycles. The second-order valence-electron chi connectivity index (χ2n) is 7.97. The van der Waals surface area contributed by atoms with Gasteiger partial charge in [-0.15, -0.1) is 10.2 Å². The van der Waals surface area contributed by atoms with Crippen LogP contribution in [-0.4, -0.2) is 44.7 Å². The summed E-state index contributed by atoms with van der Waals surface area (Å²) in [4.78, 5) is 14.6. The molecule has 4 rings (SSSR count). The largest absolute Gasteiger partial charge is 0.467 e. The highest BCUT2D eigenvalue weighted by molar-refractivity contribution is 7.99. The number of anilines is 2. The van der Waals surface area contributed by atoms with E-state index in [4.69, 9.17) is 8.94 Å². The molecule has 1 aliphatic rings. The van der Waals surface area contributed by atoms with Crippen LogP contribution in [-0.2, 0) is 11.3 Å². The molecule has 1 aliphatic heterocycles. The number of nitrogens with one attached hydrogen (secondary N) is 1. The Balaban J connectivity index is 1.50. The average Bonchev–Trinajstić information content (AvgIpc) is 3.42. The Kier molecular flexibility index (Phi) is 6.12. The molecule has 3 aromatic rings. The monoisotopic (exact) mass is 430 g/mol. The van der Waals surface area contributed by atoms with Crippen LogP contribution >= 0.6 is 11.8 Å². The van der Waals surface area contributed by atoms with E-state index in [9.17, 15) is 4.79 Å². The van der Waals surface area contributed by atoms with Gasteiger partial charge in [0, 0.05) is 19.2 Å². The first-order valence-corrected chi connectivity index (χ1v) is 11.0. The van der Waals surface area contributed by atoms with Crippen molar-refractivity contribution in [2.45, 2.75) is 38.9 Å². The molecule has 10 heteroatoms. The Morgan fingerprint density at radius 1 is 1.30 bits per heavy atom. The molecule has 1 saturated heterocycles. The zero-order chi connectivity index (χ0) is 21.1. The fourth-order valence-electron chi connectivity index (χ4n) is 3.87. The van der Waals surface area contributed by atoms with Gasteiger partial charge in [-0.2, -0.15) is 0 Å². The van der Waals surface area contributed by atoms with Gasteiger partial charge < -0.3 is 13.8 Å². The van der Waals surface area contributed by atoms with E-state index in [2.05, 4.69) is 39.4 Å². The number of thioether (sulfide) groups is 1. The molecule has 0 bridgehead atoms. The van der Waals surface area contributed by atoms with Crippen molar-refractivity contribution in [2.24, 2.45) is 11.8 Å². The summed E-state index contributed by atoms with van der Waals surface area (Å²) in [5.74, 6) is 3.15. The SMILES string of the molecule is Cc1cc(NC(=O)CSc2nnc(N3CC(C)CC(C)C3)n2Cc2ccco2)on1. The molecular weight excluding hydrogens is 404 g/mol. The first-order chi connectivity index (χ1) is 14.5. The van der Waals surface area contributed by atoms with Crippen LogP contribution in [0.1, 0.15) is 31.7 Å². The maximum atomic E-state index is 12.3. The molecular formula is C20H26N6O3S. The number of hydrogen-bond donors (Lipinski definition) is 1. The highest BCUT2D eigenvalue weighted by Crippen LogP contribution is 2.29. The van der Waals surface area contributed by atoms with Crippen LogP contribution in [0.3, 0.4) is 0 Å². The van der Waals surface area contributed by atoms with Gasteiger partial charge in [-0.1, -0.05) is 30.8 Å². The van der Waals surface area contributed by atoms with Crippen molar-refractivity contribution in [3.63, 3.8) is 0 Å². The van der Waals surface area contributed by atoms with E-state index < -0.39 is 0 Å². The minimum atomic E-state index is -0.189. The van der Waals surface area contributed by atoms with Gasteiger partial charge in [0.05, 0.1) is 24.3 Å². The molecule has 9 nitrogen and oxygen atoms in total. The molecule has 1 amide bonds. The van der Waals surface area contributed by atoms with Crippen molar-refractivity contribution in [1.29, 1.82) is 0 Å².